The monoisotopic (exact) mass is 525 g/mol. The van der Waals surface area contributed by atoms with E-state index in [1.807, 2.05) is 18.2 Å². The average molecular weight is 526 g/mol. The highest BCUT2D eigenvalue weighted by Crippen LogP contribution is 2.25. The molecule has 0 unspecified atom stereocenters. The van der Waals surface area contributed by atoms with Gasteiger partial charge in [0.2, 0.25) is 10.0 Å². The van der Waals surface area contributed by atoms with Gasteiger partial charge in [-0.25, -0.2) is 18.2 Å². The minimum Gasteiger partial charge on any atom is -0.507 e. The summed E-state index contributed by atoms with van der Waals surface area (Å²) in [5.41, 5.74) is 3.21. The predicted octanol–water partition coefficient (Wildman–Crippen LogP) is 4.68. The molecule has 0 bridgehead atoms. The van der Waals surface area contributed by atoms with E-state index in [0.717, 1.165) is 15.1 Å². The third-order valence-electron chi connectivity index (χ3n) is 5.37. The molecule has 10 heteroatoms. The summed E-state index contributed by atoms with van der Waals surface area (Å²) in [6, 6.07) is 21.5. The normalized spacial score (nSPS) is 11.9. The number of hydrogen-bond donors (Lipinski definition) is 2. The van der Waals surface area contributed by atoms with E-state index >= 15 is 0 Å². The Morgan fingerprint density at radius 2 is 1.69 bits per heavy atom. The molecule has 36 heavy (non-hydrogen) atoms. The number of fused-ring (bicyclic) bond motifs is 1. The second-order valence-corrected chi connectivity index (χ2v) is 10.2. The lowest BCUT2D eigenvalue weighted by molar-refractivity contribution is -0.121. The number of hydrogen-bond acceptors (Lipinski definition) is 5. The highest BCUT2D eigenvalue weighted by Gasteiger charge is 2.27. The molecule has 0 radical (unpaired) electrons. The number of rotatable bonds is 8. The van der Waals surface area contributed by atoms with Gasteiger partial charge in [-0.05, 0) is 58.8 Å². The van der Waals surface area contributed by atoms with Crippen LogP contribution in [0.1, 0.15) is 11.1 Å². The van der Waals surface area contributed by atoms with Crippen molar-refractivity contribution in [2.24, 2.45) is 5.10 Å². The summed E-state index contributed by atoms with van der Waals surface area (Å²) in [7, 11) is -4.11. The van der Waals surface area contributed by atoms with Crippen molar-refractivity contribution in [1.29, 1.82) is 0 Å². The Morgan fingerprint density at radius 1 is 1.00 bits per heavy atom. The summed E-state index contributed by atoms with van der Waals surface area (Å²) in [4.78, 5) is 12.6. The van der Waals surface area contributed by atoms with Gasteiger partial charge in [-0.2, -0.15) is 9.41 Å². The maximum atomic E-state index is 13.3. The fourth-order valence-electron chi connectivity index (χ4n) is 3.56. The number of nitrogens with zero attached hydrogens (tertiary/aromatic N) is 2. The second-order valence-electron chi connectivity index (χ2n) is 7.87. The lowest BCUT2D eigenvalue weighted by atomic mass is 10.0. The predicted molar refractivity (Wildman–Crippen MR) is 137 cm³/mol. The number of carbonyl (C=O) groups is 1. The summed E-state index contributed by atoms with van der Waals surface area (Å²) in [6.45, 7) is -0.728. The van der Waals surface area contributed by atoms with Crippen LogP contribution < -0.4 is 5.43 Å². The zero-order chi connectivity index (χ0) is 25.7. The van der Waals surface area contributed by atoms with E-state index in [-0.39, 0.29) is 17.2 Å². The van der Waals surface area contributed by atoms with Gasteiger partial charge in [-0.15, -0.1) is 0 Å². The standard InChI is InChI=1S/C26H21ClFN3O4S/c27-20-8-12-22(13-9-20)36(34,35)31(16-18-5-10-21(28)11-6-18)17-26(33)30-29-15-24-23-4-2-1-3-19(23)7-14-25(24)32/h1-15,32H,16-17H2,(H,30,33)/b29-15-. The Hall–Kier alpha value is -3.79. The number of carbonyl (C=O) groups excluding carboxylic acids is 1. The lowest BCUT2D eigenvalue weighted by Crippen LogP contribution is -2.39. The summed E-state index contributed by atoms with van der Waals surface area (Å²) in [5.74, 6) is -1.18. The van der Waals surface area contributed by atoms with Crippen molar-refractivity contribution in [2.45, 2.75) is 11.4 Å². The van der Waals surface area contributed by atoms with Crippen molar-refractivity contribution in [3.05, 3.63) is 107 Å². The third-order valence-corrected chi connectivity index (χ3v) is 7.43. The molecule has 0 aliphatic heterocycles. The SMILES string of the molecule is O=C(CN(Cc1ccc(F)cc1)S(=O)(=O)c1ccc(Cl)cc1)N/N=C\c1c(O)ccc2ccccc12. The molecule has 0 aliphatic carbocycles. The summed E-state index contributed by atoms with van der Waals surface area (Å²) in [6.07, 6.45) is 1.30. The van der Waals surface area contributed by atoms with Crippen LogP contribution in [-0.4, -0.2) is 36.5 Å². The first-order chi connectivity index (χ1) is 17.2. The van der Waals surface area contributed by atoms with Crippen molar-refractivity contribution in [3.63, 3.8) is 0 Å². The fourth-order valence-corrected chi connectivity index (χ4v) is 5.07. The molecule has 4 aromatic rings. The molecule has 0 atom stereocenters. The molecular weight excluding hydrogens is 505 g/mol. The molecule has 184 valence electrons. The van der Waals surface area contributed by atoms with Crippen LogP contribution in [0.4, 0.5) is 4.39 Å². The van der Waals surface area contributed by atoms with Crippen LogP contribution in [0.15, 0.2) is 94.9 Å². The highest BCUT2D eigenvalue weighted by molar-refractivity contribution is 7.89. The minimum absolute atomic E-state index is 0.0186. The molecule has 7 nitrogen and oxygen atoms in total. The fraction of sp³-hybridized carbons (Fsp3) is 0.0769. The molecule has 4 rings (SSSR count). The molecular formula is C26H21ClFN3O4S. The molecule has 4 aromatic carbocycles. The Kier molecular flexibility index (Phi) is 7.64. The maximum Gasteiger partial charge on any atom is 0.255 e. The van der Waals surface area contributed by atoms with E-state index in [1.54, 1.807) is 12.1 Å². The molecule has 1 amide bonds. The Labute approximate surface area is 212 Å². The minimum atomic E-state index is -4.11. The van der Waals surface area contributed by atoms with Crippen LogP contribution in [0.5, 0.6) is 5.75 Å². The first kappa shape index (κ1) is 25.3. The van der Waals surface area contributed by atoms with Crippen LogP contribution >= 0.6 is 11.6 Å². The topological polar surface area (TPSA) is 99.1 Å². The van der Waals surface area contributed by atoms with E-state index in [2.05, 4.69) is 10.5 Å². The Morgan fingerprint density at radius 3 is 2.42 bits per heavy atom. The lowest BCUT2D eigenvalue weighted by Gasteiger charge is -2.21. The van der Waals surface area contributed by atoms with Gasteiger partial charge >= 0.3 is 0 Å². The molecule has 0 saturated carbocycles. The molecule has 0 heterocycles. The van der Waals surface area contributed by atoms with E-state index < -0.39 is 28.3 Å². The van der Waals surface area contributed by atoms with E-state index in [1.165, 1.54) is 60.8 Å². The van der Waals surface area contributed by atoms with Gasteiger partial charge < -0.3 is 5.11 Å². The molecule has 2 N–H and O–H groups in total. The van der Waals surface area contributed by atoms with Crippen molar-refractivity contribution in [2.75, 3.05) is 6.54 Å². The van der Waals surface area contributed by atoms with E-state index in [4.69, 9.17) is 11.6 Å². The van der Waals surface area contributed by atoms with Gasteiger partial charge in [-0.1, -0.05) is 54.1 Å². The second kappa shape index (κ2) is 10.9. The van der Waals surface area contributed by atoms with E-state index in [0.29, 0.717) is 16.1 Å². The zero-order valence-corrected chi connectivity index (χ0v) is 20.4. The molecule has 0 aliphatic rings. The average Bonchev–Trinajstić information content (AvgIpc) is 2.86. The number of phenolic OH excluding ortho intramolecular Hbond substituents is 1. The van der Waals surface area contributed by atoms with Crippen molar-refractivity contribution < 1.29 is 22.7 Å². The Bertz CT molecular complexity index is 1530. The molecule has 0 aromatic heterocycles. The quantitative estimate of drug-likeness (QED) is 0.258. The van der Waals surface area contributed by atoms with Crippen LogP contribution in [0.3, 0.4) is 0 Å². The molecule has 0 spiro atoms. The Balaban J connectivity index is 1.55. The summed E-state index contributed by atoms with van der Waals surface area (Å²) < 4.78 is 40.9. The molecule has 0 saturated heterocycles. The van der Waals surface area contributed by atoms with Gasteiger partial charge in [-0.3, -0.25) is 4.79 Å². The van der Waals surface area contributed by atoms with Crippen molar-refractivity contribution >= 4 is 44.5 Å². The van der Waals surface area contributed by atoms with Crippen LogP contribution in [0, 0.1) is 5.82 Å². The van der Waals surface area contributed by atoms with Gasteiger partial charge in [0.25, 0.3) is 5.91 Å². The number of benzene rings is 4. The number of amides is 1. The van der Waals surface area contributed by atoms with Crippen LogP contribution in [0.2, 0.25) is 5.02 Å². The van der Waals surface area contributed by atoms with Crippen molar-refractivity contribution in [1.82, 2.24) is 9.73 Å². The number of hydrazone groups is 1. The van der Waals surface area contributed by atoms with Crippen molar-refractivity contribution in [3.8, 4) is 5.75 Å². The first-order valence-corrected chi connectivity index (χ1v) is 12.6. The largest absolute Gasteiger partial charge is 0.507 e. The van der Waals surface area contributed by atoms with Crippen LogP contribution in [0.25, 0.3) is 10.8 Å². The maximum absolute atomic E-state index is 13.3. The van der Waals surface area contributed by atoms with Gasteiger partial charge in [0.15, 0.2) is 0 Å². The number of sulfonamides is 1. The van der Waals surface area contributed by atoms with Gasteiger partial charge in [0, 0.05) is 17.1 Å². The smallest absolute Gasteiger partial charge is 0.255 e. The van der Waals surface area contributed by atoms with E-state index in [9.17, 15) is 22.7 Å². The summed E-state index contributed by atoms with van der Waals surface area (Å²) in [5, 5.41) is 16.1. The number of halogens is 2. The highest BCUT2D eigenvalue weighted by atomic mass is 35.5. The van der Waals surface area contributed by atoms with Gasteiger partial charge in [0.1, 0.15) is 11.6 Å². The van der Waals surface area contributed by atoms with Crippen LogP contribution in [-0.2, 0) is 21.4 Å². The number of aromatic hydroxyl groups is 1. The third kappa shape index (κ3) is 5.88. The summed E-state index contributed by atoms with van der Waals surface area (Å²) >= 11 is 5.88. The number of phenols is 1. The first-order valence-electron chi connectivity index (χ1n) is 10.8. The zero-order valence-electron chi connectivity index (χ0n) is 18.8. The molecule has 0 fully saturated rings. The van der Waals surface area contributed by atoms with Gasteiger partial charge in [0.05, 0.1) is 17.7 Å². The number of nitrogens with one attached hydrogen (secondary N) is 1.